The highest BCUT2D eigenvalue weighted by molar-refractivity contribution is 6.01. The van der Waals surface area contributed by atoms with Crippen LogP contribution >= 0.6 is 0 Å². The maximum atomic E-state index is 11.5. The van der Waals surface area contributed by atoms with Crippen LogP contribution in [-0.4, -0.2) is 30.8 Å². The summed E-state index contributed by atoms with van der Waals surface area (Å²) in [6, 6.07) is 5.52. The molecule has 0 atom stereocenters. The first-order valence-electron chi connectivity index (χ1n) is 7.21. The van der Waals surface area contributed by atoms with Crippen LogP contribution in [0.5, 0.6) is 0 Å². The van der Waals surface area contributed by atoms with Crippen molar-refractivity contribution in [2.75, 3.05) is 0 Å². The molecular weight excluding hydrogens is 280 g/mol. The van der Waals surface area contributed by atoms with Gasteiger partial charge in [-0.3, -0.25) is 4.98 Å². The molecule has 0 amide bonds. The van der Waals surface area contributed by atoms with Crippen LogP contribution in [0.2, 0.25) is 0 Å². The minimum Gasteiger partial charge on any atom is -0.478 e. The summed E-state index contributed by atoms with van der Waals surface area (Å²) in [5, 5.41) is 14.3. The van der Waals surface area contributed by atoms with Crippen LogP contribution in [0.1, 0.15) is 40.4 Å². The Hall–Kier alpha value is -2.76. The largest absolute Gasteiger partial charge is 0.478 e. The molecule has 0 aromatic carbocycles. The first-order chi connectivity index (χ1) is 10.7. The van der Waals surface area contributed by atoms with Gasteiger partial charge in [-0.05, 0) is 30.5 Å². The van der Waals surface area contributed by atoms with Crippen molar-refractivity contribution in [3.05, 3.63) is 53.6 Å². The summed E-state index contributed by atoms with van der Waals surface area (Å²) in [4.78, 5) is 20.2. The molecule has 0 aliphatic heterocycles. The molecule has 0 unspecified atom stereocenters. The molecule has 1 saturated carbocycles. The lowest BCUT2D eigenvalue weighted by molar-refractivity contribution is 0.0699. The number of carbonyl (C=O) groups is 1. The van der Waals surface area contributed by atoms with Crippen molar-refractivity contribution in [1.82, 2.24) is 19.7 Å². The lowest BCUT2D eigenvalue weighted by Crippen LogP contribution is -2.06. The van der Waals surface area contributed by atoms with Gasteiger partial charge in [0, 0.05) is 24.0 Å². The van der Waals surface area contributed by atoms with E-state index in [2.05, 4.69) is 15.1 Å². The number of hydrogen-bond donors (Lipinski definition) is 1. The Morgan fingerprint density at radius 1 is 1.36 bits per heavy atom. The van der Waals surface area contributed by atoms with Gasteiger partial charge in [0.2, 0.25) is 0 Å². The number of aromatic carboxylic acids is 1. The molecule has 6 nitrogen and oxygen atoms in total. The number of carboxylic acids is 1. The Kier molecular flexibility index (Phi) is 2.89. The van der Waals surface area contributed by atoms with Gasteiger partial charge in [0.15, 0.2) is 5.65 Å². The van der Waals surface area contributed by atoms with Gasteiger partial charge in [-0.1, -0.05) is 6.07 Å². The van der Waals surface area contributed by atoms with Crippen LogP contribution in [0.4, 0.5) is 0 Å². The molecule has 3 aromatic rings. The second-order valence-electron chi connectivity index (χ2n) is 5.57. The number of aromatic nitrogens is 4. The molecule has 0 radical (unpaired) electrons. The van der Waals surface area contributed by atoms with E-state index in [1.807, 2.05) is 12.1 Å². The lowest BCUT2D eigenvalue weighted by atomic mass is 10.1. The molecule has 3 aromatic heterocycles. The Morgan fingerprint density at radius 3 is 2.91 bits per heavy atom. The Balaban J connectivity index is 1.84. The minimum atomic E-state index is -0.935. The zero-order chi connectivity index (χ0) is 15.1. The molecule has 1 aliphatic carbocycles. The highest BCUT2D eigenvalue weighted by Crippen LogP contribution is 2.40. The van der Waals surface area contributed by atoms with Crippen molar-refractivity contribution < 1.29 is 9.90 Å². The van der Waals surface area contributed by atoms with Crippen molar-refractivity contribution in [2.45, 2.75) is 25.3 Å². The van der Waals surface area contributed by atoms with E-state index in [0.717, 1.165) is 24.1 Å². The standard InChI is InChI=1S/C16H14N4O2/c21-16(22)12-6-14(11-3-4-11)19-15-13(12)8-18-20(15)9-10-2-1-5-17-7-10/h1-2,5-8,11H,3-4,9H2,(H,21,22). The lowest BCUT2D eigenvalue weighted by Gasteiger charge is -2.06. The monoisotopic (exact) mass is 294 g/mol. The predicted octanol–water partition coefficient (Wildman–Crippen LogP) is 2.45. The van der Waals surface area contributed by atoms with Gasteiger partial charge in [0.25, 0.3) is 0 Å². The number of fused-ring (bicyclic) bond motifs is 1. The molecule has 110 valence electrons. The molecular formula is C16H14N4O2. The van der Waals surface area contributed by atoms with Gasteiger partial charge >= 0.3 is 5.97 Å². The summed E-state index contributed by atoms with van der Waals surface area (Å²) >= 11 is 0. The molecule has 22 heavy (non-hydrogen) atoms. The molecule has 4 rings (SSSR count). The highest BCUT2D eigenvalue weighted by atomic mass is 16.4. The van der Waals surface area contributed by atoms with Gasteiger partial charge in [-0.2, -0.15) is 5.10 Å². The van der Waals surface area contributed by atoms with E-state index in [-0.39, 0.29) is 5.56 Å². The first-order valence-corrected chi connectivity index (χ1v) is 7.21. The van der Waals surface area contributed by atoms with E-state index in [9.17, 15) is 9.90 Å². The average Bonchev–Trinajstić information content (AvgIpc) is 3.30. The maximum Gasteiger partial charge on any atom is 0.336 e. The summed E-state index contributed by atoms with van der Waals surface area (Å²) in [5.74, 6) is -0.542. The average molecular weight is 294 g/mol. The number of nitrogens with zero attached hydrogens (tertiary/aromatic N) is 4. The number of rotatable bonds is 4. The Bertz CT molecular complexity index is 853. The fourth-order valence-corrected chi connectivity index (χ4v) is 2.61. The molecule has 1 N–H and O–H groups in total. The third-order valence-corrected chi connectivity index (χ3v) is 3.91. The van der Waals surface area contributed by atoms with Crippen molar-refractivity contribution in [2.24, 2.45) is 0 Å². The van der Waals surface area contributed by atoms with E-state index < -0.39 is 5.97 Å². The number of carboxylic acid groups (broad SMARTS) is 1. The van der Waals surface area contributed by atoms with Crippen molar-refractivity contribution in [1.29, 1.82) is 0 Å². The van der Waals surface area contributed by atoms with Gasteiger partial charge in [-0.15, -0.1) is 0 Å². The summed E-state index contributed by atoms with van der Waals surface area (Å²) in [5.41, 5.74) is 2.77. The highest BCUT2D eigenvalue weighted by Gasteiger charge is 2.27. The van der Waals surface area contributed by atoms with Gasteiger partial charge in [0.1, 0.15) is 0 Å². The molecule has 3 heterocycles. The second kappa shape index (κ2) is 4.91. The quantitative estimate of drug-likeness (QED) is 0.799. The summed E-state index contributed by atoms with van der Waals surface area (Å²) in [6.45, 7) is 0.525. The summed E-state index contributed by atoms with van der Waals surface area (Å²) in [6.07, 6.45) is 7.23. The fourth-order valence-electron chi connectivity index (χ4n) is 2.61. The van der Waals surface area contributed by atoms with E-state index >= 15 is 0 Å². The van der Waals surface area contributed by atoms with E-state index in [0.29, 0.717) is 23.5 Å². The normalized spacial score (nSPS) is 14.4. The zero-order valence-electron chi connectivity index (χ0n) is 11.8. The second-order valence-corrected chi connectivity index (χ2v) is 5.57. The molecule has 1 fully saturated rings. The third-order valence-electron chi connectivity index (χ3n) is 3.91. The van der Waals surface area contributed by atoms with Crippen LogP contribution in [0.3, 0.4) is 0 Å². The van der Waals surface area contributed by atoms with Crippen LogP contribution in [-0.2, 0) is 6.54 Å². The van der Waals surface area contributed by atoms with E-state index in [1.54, 1.807) is 29.3 Å². The van der Waals surface area contributed by atoms with Gasteiger partial charge < -0.3 is 5.11 Å². The summed E-state index contributed by atoms with van der Waals surface area (Å²) < 4.78 is 1.74. The van der Waals surface area contributed by atoms with Gasteiger partial charge in [-0.25, -0.2) is 14.5 Å². The first kappa shape index (κ1) is 12.9. The van der Waals surface area contributed by atoms with Crippen molar-refractivity contribution in [3.8, 4) is 0 Å². The Morgan fingerprint density at radius 2 is 2.23 bits per heavy atom. The molecule has 0 spiro atoms. The smallest absolute Gasteiger partial charge is 0.336 e. The van der Waals surface area contributed by atoms with E-state index in [1.165, 1.54) is 0 Å². The number of hydrogen-bond acceptors (Lipinski definition) is 4. The van der Waals surface area contributed by atoms with Crippen molar-refractivity contribution >= 4 is 17.0 Å². The molecule has 1 aliphatic rings. The van der Waals surface area contributed by atoms with Crippen LogP contribution in [0.15, 0.2) is 36.8 Å². The van der Waals surface area contributed by atoms with Crippen LogP contribution in [0.25, 0.3) is 11.0 Å². The molecule has 0 saturated heterocycles. The zero-order valence-corrected chi connectivity index (χ0v) is 11.8. The molecule has 0 bridgehead atoms. The van der Waals surface area contributed by atoms with Crippen molar-refractivity contribution in [3.63, 3.8) is 0 Å². The van der Waals surface area contributed by atoms with E-state index in [4.69, 9.17) is 0 Å². The van der Waals surface area contributed by atoms with Crippen LogP contribution < -0.4 is 0 Å². The fraction of sp³-hybridized carbons (Fsp3) is 0.250. The summed E-state index contributed by atoms with van der Waals surface area (Å²) in [7, 11) is 0. The third kappa shape index (κ3) is 2.22. The molecule has 6 heteroatoms. The SMILES string of the molecule is O=C(O)c1cc(C2CC2)nc2c1cnn2Cc1cccnc1. The predicted molar refractivity (Wildman–Crippen MR) is 79.8 cm³/mol. The minimum absolute atomic E-state index is 0.282. The topological polar surface area (TPSA) is 80.9 Å². The maximum absolute atomic E-state index is 11.5. The Labute approximate surface area is 126 Å². The van der Waals surface area contributed by atoms with Gasteiger partial charge in [0.05, 0.1) is 23.7 Å². The number of pyridine rings is 2. The van der Waals surface area contributed by atoms with Crippen LogP contribution in [0, 0.1) is 0 Å².